The van der Waals surface area contributed by atoms with Gasteiger partial charge in [0, 0.05) is 20.4 Å². The van der Waals surface area contributed by atoms with Gasteiger partial charge in [0.25, 0.3) is 11.8 Å². The first-order valence-electron chi connectivity index (χ1n) is 11.0. The number of thioether (sulfide) groups is 1. The lowest BCUT2D eigenvalue weighted by atomic mass is 10.1. The summed E-state index contributed by atoms with van der Waals surface area (Å²) in [4.78, 5) is 27.9. The summed E-state index contributed by atoms with van der Waals surface area (Å²) in [7, 11) is -3.44. The molecule has 2 N–H and O–H groups in total. The van der Waals surface area contributed by atoms with Gasteiger partial charge in [0.15, 0.2) is 9.84 Å². The molecule has 4 rings (SSSR count). The van der Waals surface area contributed by atoms with Crippen LogP contribution in [0.25, 0.3) is 4.91 Å². The number of halogens is 1. The molecular weight excluding hydrogens is 504 g/mol. The molecule has 0 saturated carbocycles. The van der Waals surface area contributed by atoms with E-state index >= 15 is 0 Å². The number of carbonyl (C=O) groups excluding carboxylic acids is 2. The van der Waals surface area contributed by atoms with Gasteiger partial charge in [-0.2, -0.15) is 0 Å². The van der Waals surface area contributed by atoms with E-state index < -0.39 is 27.0 Å². The summed E-state index contributed by atoms with van der Waals surface area (Å²) in [6, 6.07) is 24.8. The molecule has 3 aromatic carbocycles. The van der Waals surface area contributed by atoms with Crippen LogP contribution in [0, 0.1) is 0 Å². The minimum atomic E-state index is -3.44. The van der Waals surface area contributed by atoms with Crippen LogP contribution in [-0.4, -0.2) is 31.4 Å². The van der Waals surface area contributed by atoms with Crippen LogP contribution in [0.2, 0.25) is 5.02 Å². The first-order valence-corrected chi connectivity index (χ1v) is 13.9. The summed E-state index contributed by atoms with van der Waals surface area (Å²) in [6.07, 6.45) is 0.812. The lowest BCUT2D eigenvalue weighted by Crippen LogP contribution is -2.42. The van der Waals surface area contributed by atoms with Gasteiger partial charge < -0.3 is 10.6 Å². The smallest absolute Gasteiger partial charge is 0.270 e. The highest BCUT2D eigenvalue weighted by Gasteiger charge is 2.34. The maximum absolute atomic E-state index is 13.5. The second-order valence-electron chi connectivity index (χ2n) is 7.92. The average molecular weight is 527 g/mol. The quantitative estimate of drug-likeness (QED) is 0.338. The molecule has 0 bridgehead atoms. The van der Waals surface area contributed by atoms with E-state index in [0.29, 0.717) is 33.9 Å². The van der Waals surface area contributed by atoms with E-state index in [9.17, 15) is 18.0 Å². The summed E-state index contributed by atoms with van der Waals surface area (Å²) in [5.74, 6) is -1.11. The molecule has 0 aliphatic carbocycles. The van der Waals surface area contributed by atoms with Crippen molar-refractivity contribution in [2.75, 3.05) is 5.75 Å². The molecule has 0 aromatic heterocycles. The van der Waals surface area contributed by atoms with Crippen LogP contribution in [0.4, 0.5) is 0 Å². The molecule has 35 heavy (non-hydrogen) atoms. The van der Waals surface area contributed by atoms with E-state index in [0.717, 1.165) is 4.90 Å². The van der Waals surface area contributed by atoms with Crippen molar-refractivity contribution in [1.82, 2.24) is 10.6 Å². The Morgan fingerprint density at radius 1 is 0.857 bits per heavy atom. The topological polar surface area (TPSA) is 92.3 Å². The molecule has 0 unspecified atom stereocenters. The molecule has 0 radical (unpaired) electrons. The maximum Gasteiger partial charge on any atom is 0.270 e. The fraction of sp³-hybridized carbons (Fsp3) is 0.154. The van der Waals surface area contributed by atoms with E-state index in [-0.39, 0.29) is 11.4 Å². The minimum Gasteiger partial charge on any atom is -0.334 e. The van der Waals surface area contributed by atoms with Gasteiger partial charge in [-0.25, -0.2) is 8.42 Å². The van der Waals surface area contributed by atoms with Crippen molar-refractivity contribution in [3.05, 3.63) is 107 Å². The summed E-state index contributed by atoms with van der Waals surface area (Å²) < 4.78 is 24.8. The zero-order valence-electron chi connectivity index (χ0n) is 18.6. The van der Waals surface area contributed by atoms with Crippen LogP contribution < -0.4 is 10.6 Å². The van der Waals surface area contributed by atoms with Crippen LogP contribution in [0.15, 0.2) is 95.5 Å². The molecule has 180 valence electrons. The number of benzene rings is 3. The molecule has 1 heterocycles. The Morgan fingerprint density at radius 2 is 1.46 bits per heavy atom. The van der Waals surface area contributed by atoms with Gasteiger partial charge in [-0.1, -0.05) is 71.9 Å². The summed E-state index contributed by atoms with van der Waals surface area (Å²) in [5, 5.41) is 4.97. The summed E-state index contributed by atoms with van der Waals surface area (Å²) in [6.45, 7) is 0. The molecule has 1 atom stereocenters. The number of hydrogen-bond acceptors (Lipinski definition) is 5. The first-order chi connectivity index (χ1) is 16.8. The number of rotatable bonds is 7. The number of carbonyl (C=O) groups is 2. The van der Waals surface area contributed by atoms with Crippen molar-refractivity contribution in [1.29, 1.82) is 0 Å². The van der Waals surface area contributed by atoms with Gasteiger partial charge in [-0.05, 0) is 54.8 Å². The van der Waals surface area contributed by atoms with Crippen LogP contribution in [0.5, 0.6) is 0 Å². The monoisotopic (exact) mass is 526 g/mol. The van der Waals surface area contributed by atoms with E-state index in [4.69, 9.17) is 11.6 Å². The van der Waals surface area contributed by atoms with Gasteiger partial charge in [-0.15, -0.1) is 0 Å². The van der Waals surface area contributed by atoms with Crippen molar-refractivity contribution < 1.29 is 18.0 Å². The van der Waals surface area contributed by atoms with E-state index in [1.165, 1.54) is 11.8 Å². The van der Waals surface area contributed by atoms with Gasteiger partial charge >= 0.3 is 0 Å². The Morgan fingerprint density at radius 3 is 2.03 bits per heavy atom. The zero-order chi connectivity index (χ0) is 24.8. The SMILES string of the molecule is O=C(N[C@H]1CCCS1(=O)=O)/C(NC(=O)c1ccccc1)=C(/Sc1ccc(Cl)cc1)c1ccccc1. The molecule has 1 aliphatic heterocycles. The minimum absolute atomic E-state index is 0.0212. The predicted molar refractivity (Wildman–Crippen MR) is 140 cm³/mol. The maximum atomic E-state index is 13.5. The fourth-order valence-corrected chi connectivity index (χ4v) is 6.43. The Hall–Kier alpha value is -3.07. The predicted octanol–water partition coefficient (Wildman–Crippen LogP) is 4.88. The molecule has 9 heteroatoms. The van der Waals surface area contributed by atoms with Crippen molar-refractivity contribution in [3.63, 3.8) is 0 Å². The molecule has 1 fully saturated rings. The molecule has 0 spiro atoms. The van der Waals surface area contributed by atoms with Crippen LogP contribution in [0.3, 0.4) is 0 Å². The fourth-order valence-electron chi connectivity index (χ4n) is 3.63. The third-order valence-electron chi connectivity index (χ3n) is 5.42. The van der Waals surface area contributed by atoms with Crippen LogP contribution in [-0.2, 0) is 14.6 Å². The Balaban J connectivity index is 1.79. The number of amides is 2. The van der Waals surface area contributed by atoms with Crippen LogP contribution in [0.1, 0.15) is 28.8 Å². The standard InChI is InChI=1S/C26H23ClN2O4S2/c27-20-13-15-21(16-14-20)34-24(18-8-3-1-4-9-18)23(29-25(30)19-10-5-2-6-11-19)26(31)28-22-12-7-17-35(22,32)33/h1-6,8-11,13-16,22H,7,12,17H2,(H,28,31)(H,29,30)/b24-23-/t22-/m1/s1. The van der Waals surface area contributed by atoms with E-state index in [1.54, 1.807) is 42.5 Å². The average Bonchev–Trinajstić information content (AvgIpc) is 3.20. The Kier molecular flexibility index (Phi) is 7.95. The molecule has 3 aromatic rings. The molecule has 1 saturated heterocycles. The Bertz CT molecular complexity index is 1340. The number of hydrogen-bond donors (Lipinski definition) is 2. The highest BCUT2D eigenvalue weighted by molar-refractivity contribution is 8.08. The number of nitrogens with one attached hydrogen (secondary N) is 2. The van der Waals surface area contributed by atoms with Crippen LogP contribution >= 0.6 is 23.4 Å². The van der Waals surface area contributed by atoms with Gasteiger partial charge in [0.05, 0.1) is 5.75 Å². The van der Waals surface area contributed by atoms with Gasteiger partial charge in [-0.3, -0.25) is 9.59 Å². The second-order valence-corrected chi connectivity index (χ2v) is 11.7. The molecule has 6 nitrogen and oxygen atoms in total. The van der Waals surface area contributed by atoms with Gasteiger partial charge in [0.2, 0.25) is 0 Å². The number of sulfone groups is 1. The molecular formula is C26H23ClN2O4S2. The van der Waals surface area contributed by atoms with Gasteiger partial charge in [0.1, 0.15) is 11.1 Å². The second kappa shape index (κ2) is 11.1. The largest absolute Gasteiger partial charge is 0.334 e. The highest BCUT2D eigenvalue weighted by Crippen LogP contribution is 2.37. The van der Waals surface area contributed by atoms with Crippen molar-refractivity contribution in [3.8, 4) is 0 Å². The third kappa shape index (κ3) is 6.33. The van der Waals surface area contributed by atoms with Crippen molar-refractivity contribution in [2.24, 2.45) is 0 Å². The molecule has 2 amide bonds. The van der Waals surface area contributed by atoms with Crippen molar-refractivity contribution in [2.45, 2.75) is 23.1 Å². The molecule has 1 aliphatic rings. The highest BCUT2D eigenvalue weighted by atomic mass is 35.5. The summed E-state index contributed by atoms with van der Waals surface area (Å²) in [5.41, 5.74) is 1.04. The lowest BCUT2D eigenvalue weighted by Gasteiger charge is -2.19. The summed E-state index contributed by atoms with van der Waals surface area (Å²) >= 11 is 7.32. The van der Waals surface area contributed by atoms with Crippen molar-refractivity contribution >= 4 is 49.9 Å². The zero-order valence-corrected chi connectivity index (χ0v) is 21.0. The lowest BCUT2D eigenvalue weighted by molar-refractivity contribution is -0.118. The Labute approximate surface area is 213 Å². The third-order valence-corrected chi connectivity index (χ3v) is 8.90. The normalized spacial score (nSPS) is 17.3. The van der Waals surface area contributed by atoms with E-state index in [1.807, 2.05) is 42.5 Å². The van der Waals surface area contributed by atoms with E-state index in [2.05, 4.69) is 10.6 Å². The first kappa shape index (κ1) is 25.0.